The average Bonchev–Trinajstić information content (AvgIpc) is 2.37. The number of ether oxygens (including phenoxy) is 1. The Morgan fingerprint density at radius 2 is 1.89 bits per heavy atom. The van der Waals surface area contributed by atoms with E-state index in [1.54, 1.807) is 12.1 Å². The van der Waals surface area contributed by atoms with Crippen molar-refractivity contribution in [3.8, 4) is 5.75 Å². The molecule has 0 saturated carbocycles. The number of phenols is 1. The fraction of sp³-hybridized carbons (Fsp3) is 0.529. The average molecular weight is 258 g/mol. The number of rotatable bonds is 1. The second-order valence-corrected chi connectivity index (χ2v) is 6.46. The summed E-state index contributed by atoms with van der Waals surface area (Å²) in [7, 11) is 0. The summed E-state index contributed by atoms with van der Waals surface area (Å²) in [6, 6.07) is 7.47. The fourth-order valence-electron chi connectivity index (χ4n) is 3.47. The van der Waals surface area contributed by atoms with Crippen molar-refractivity contribution in [2.24, 2.45) is 11.8 Å². The van der Waals surface area contributed by atoms with E-state index in [4.69, 9.17) is 4.74 Å². The number of fused-ring (bicyclic) bond motifs is 2. The second kappa shape index (κ2) is 4.38. The zero-order valence-electron chi connectivity index (χ0n) is 11.9. The predicted octanol–water partition coefficient (Wildman–Crippen LogP) is 4.21. The van der Waals surface area contributed by atoms with Crippen molar-refractivity contribution < 1.29 is 9.84 Å². The van der Waals surface area contributed by atoms with Crippen LogP contribution in [0.5, 0.6) is 5.75 Å². The fourth-order valence-corrected chi connectivity index (χ4v) is 3.47. The molecule has 1 heterocycles. The summed E-state index contributed by atoms with van der Waals surface area (Å²) in [5.74, 6) is 1.42. The summed E-state index contributed by atoms with van der Waals surface area (Å²) in [6.45, 7) is 6.63. The summed E-state index contributed by atoms with van der Waals surface area (Å²) >= 11 is 0. The maximum Gasteiger partial charge on any atom is 0.115 e. The minimum atomic E-state index is -0.0732. The van der Waals surface area contributed by atoms with Gasteiger partial charge in [0, 0.05) is 5.92 Å². The van der Waals surface area contributed by atoms with Gasteiger partial charge in [-0.3, -0.25) is 0 Å². The molecule has 1 aromatic carbocycles. The van der Waals surface area contributed by atoms with E-state index in [2.05, 4.69) is 26.8 Å². The Labute approximate surface area is 115 Å². The molecule has 2 aliphatic rings. The zero-order chi connectivity index (χ0) is 13.6. The summed E-state index contributed by atoms with van der Waals surface area (Å²) in [5, 5.41) is 9.43. The third kappa shape index (κ3) is 2.18. The number of hydrogen-bond donors (Lipinski definition) is 1. The highest BCUT2D eigenvalue weighted by Gasteiger charge is 2.45. The lowest BCUT2D eigenvalue weighted by molar-refractivity contribution is -0.166. The summed E-state index contributed by atoms with van der Waals surface area (Å²) in [4.78, 5) is 0. The van der Waals surface area contributed by atoms with Crippen LogP contribution >= 0.6 is 0 Å². The maximum absolute atomic E-state index is 9.43. The van der Waals surface area contributed by atoms with Crippen molar-refractivity contribution in [2.45, 2.75) is 45.3 Å². The minimum absolute atomic E-state index is 0.0732. The van der Waals surface area contributed by atoms with Crippen LogP contribution in [-0.4, -0.2) is 10.7 Å². The Morgan fingerprint density at radius 1 is 1.21 bits per heavy atom. The molecule has 2 nitrogen and oxygen atoms in total. The zero-order valence-corrected chi connectivity index (χ0v) is 11.9. The molecule has 1 fully saturated rings. The first-order valence-corrected chi connectivity index (χ1v) is 7.11. The van der Waals surface area contributed by atoms with E-state index < -0.39 is 0 Å². The van der Waals surface area contributed by atoms with Crippen LogP contribution in [0, 0.1) is 11.8 Å². The van der Waals surface area contributed by atoms with Crippen molar-refractivity contribution in [3.05, 3.63) is 41.5 Å². The van der Waals surface area contributed by atoms with Gasteiger partial charge in [0.1, 0.15) is 5.75 Å². The van der Waals surface area contributed by atoms with Crippen LogP contribution in [0.3, 0.4) is 0 Å². The molecule has 0 radical (unpaired) electrons. The van der Waals surface area contributed by atoms with Gasteiger partial charge in [-0.25, -0.2) is 0 Å². The Hall–Kier alpha value is -1.28. The Balaban J connectivity index is 1.97. The van der Waals surface area contributed by atoms with Crippen molar-refractivity contribution in [3.63, 3.8) is 0 Å². The Morgan fingerprint density at radius 3 is 2.58 bits per heavy atom. The van der Waals surface area contributed by atoms with Crippen molar-refractivity contribution in [1.82, 2.24) is 0 Å². The van der Waals surface area contributed by atoms with Gasteiger partial charge in [0.05, 0.1) is 11.7 Å². The molecule has 3 atom stereocenters. The summed E-state index contributed by atoms with van der Waals surface area (Å²) in [5.41, 5.74) is 2.55. The van der Waals surface area contributed by atoms with Gasteiger partial charge in [-0.15, -0.1) is 0 Å². The van der Waals surface area contributed by atoms with E-state index in [1.807, 2.05) is 12.1 Å². The first kappa shape index (κ1) is 12.7. The van der Waals surface area contributed by atoms with Crippen LogP contribution in [0.4, 0.5) is 0 Å². The van der Waals surface area contributed by atoms with Gasteiger partial charge in [0.15, 0.2) is 0 Å². The quantitative estimate of drug-likeness (QED) is 0.764. The van der Waals surface area contributed by atoms with Gasteiger partial charge in [-0.05, 0) is 57.2 Å². The molecule has 0 aromatic heterocycles. The van der Waals surface area contributed by atoms with Gasteiger partial charge in [0.2, 0.25) is 0 Å². The molecule has 1 N–H and O–H groups in total. The molecule has 102 valence electrons. The topological polar surface area (TPSA) is 29.5 Å². The van der Waals surface area contributed by atoms with Crippen LogP contribution < -0.4 is 0 Å². The van der Waals surface area contributed by atoms with Crippen molar-refractivity contribution >= 4 is 0 Å². The van der Waals surface area contributed by atoms with E-state index in [-0.39, 0.29) is 11.7 Å². The van der Waals surface area contributed by atoms with Gasteiger partial charge in [0.25, 0.3) is 0 Å². The van der Waals surface area contributed by atoms with Crippen molar-refractivity contribution in [1.29, 1.82) is 0 Å². The van der Waals surface area contributed by atoms with Crippen LogP contribution in [0.2, 0.25) is 0 Å². The highest BCUT2D eigenvalue weighted by Crippen LogP contribution is 2.50. The highest BCUT2D eigenvalue weighted by molar-refractivity contribution is 5.30. The van der Waals surface area contributed by atoms with Crippen LogP contribution in [-0.2, 0) is 4.74 Å². The normalized spacial score (nSPS) is 32.8. The SMILES string of the molecule is CC1=CC[C@@H]2C[C@H]1[C@H](c1ccc(O)cc1)OC2(C)C. The number of phenolic OH excluding ortho intramolecular Hbond substituents is 1. The Kier molecular flexibility index (Phi) is 2.94. The van der Waals surface area contributed by atoms with Crippen LogP contribution in [0.1, 0.15) is 45.3 Å². The third-order valence-corrected chi connectivity index (χ3v) is 4.85. The third-order valence-electron chi connectivity index (χ3n) is 4.85. The molecule has 1 aliphatic carbocycles. The molecule has 1 saturated heterocycles. The lowest BCUT2D eigenvalue weighted by atomic mass is 9.69. The number of allylic oxidation sites excluding steroid dienone is 1. The molecule has 0 spiro atoms. The molecule has 1 aromatic rings. The van der Waals surface area contributed by atoms with Crippen LogP contribution in [0.25, 0.3) is 0 Å². The lowest BCUT2D eigenvalue weighted by Gasteiger charge is -2.49. The summed E-state index contributed by atoms with van der Waals surface area (Å²) < 4.78 is 6.41. The van der Waals surface area contributed by atoms with Crippen molar-refractivity contribution in [2.75, 3.05) is 0 Å². The molecule has 1 aliphatic heterocycles. The number of benzene rings is 1. The van der Waals surface area contributed by atoms with E-state index in [1.165, 1.54) is 17.6 Å². The molecule has 2 heteroatoms. The first-order valence-electron chi connectivity index (χ1n) is 7.11. The first-order chi connectivity index (χ1) is 8.97. The minimum Gasteiger partial charge on any atom is -0.508 e. The standard InChI is InChI=1S/C17H22O2/c1-11-4-7-13-10-15(11)16(19-17(13,2)3)12-5-8-14(18)9-6-12/h4-6,8-9,13,15-16,18H,7,10H2,1-3H3/t13-,15-,16+/m1/s1. The van der Waals surface area contributed by atoms with Gasteiger partial charge < -0.3 is 9.84 Å². The second-order valence-electron chi connectivity index (χ2n) is 6.46. The predicted molar refractivity (Wildman–Crippen MR) is 76.0 cm³/mol. The highest BCUT2D eigenvalue weighted by atomic mass is 16.5. The van der Waals surface area contributed by atoms with Gasteiger partial charge in [-0.2, -0.15) is 0 Å². The maximum atomic E-state index is 9.43. The van der Waals surface area contributed by atoms with E-state index in [0.717, 1.165) is 6.42 Å². The lowest BCUT2D eigenvalue weighted by Crippen LogP contribution is -2.45. The van der Waals surface area contributed by atoms with E-state index in [9.17, 15) is 5.11 Å². The number of aromatic hydroxyl groups is 1. The Bertz CT molecular complexity index is 498. The monoisotopic (exact) mass is 258 g/mol. The van der Waals surface area contributed by atoms with Gasteiger partial charge in [-0.1, -0.05) is 23.8 Å². The van der Waals surface area contributed by atoms with Gasteiger partial charge >= 0.3 is 0 Å². The smallest absolute Gasteiger partial charge is 0.115 e. The van der Waals surface area contributed by atoms with E-state index in [0.29, 0.717) is 17.6 Å². The summed E-state index contributed by atoms with van der Waals surface area (Å²) in [6.07, 6.45) is 4.85. The number of hydrogen-bond acceptors (Lipinski definition) is 2. The molecule has 3 rings (SSSR count). The molecule has 2 bridgehead atoms. The largest absolute Gasteiger partial charge is 0.508 e. The van der Waals surface area contributed by atoms with Crippen LogP contribution in [0.15, 0.2) is 35.9 Å². The molecule has 0 unspecified atom stereocenters. The van der Waals surface area contributed by atoms with E-state index >= 15 is 0 Å². The molecule has 19 heavy (non-hydrogen) atoms. The molecular formula is C17H22O2. The molecular weight excluding hydrogens is 236 g/mol. The molecule has 0 amide bonds.